The van der Waals surface area contributed by atoms with E-state index in [2.05, 4.69) is 14.5 Å². The van der Waals surface area contributed by atoms with Gasteiger partial charge in [0.2, 0.25) is 5.91 Å². The van der Waals surface area contributed by atoms with Crippen molar-refractivity contribution >= 4 is 27.7 Å². The largest absolute Gasteiger partial charge is 0.497 e. The van der Waals surface area contributed by atoms with Crippen LogP contribution < -0.4 is 9.46 Å². The minimum Gasteiger partial charge on any atom is -0.497 e. The highest BCUT2D eigenvalue weighted by Crippen LogP contribution is 2.20. The van der Waals surface area contributed by atoms with E-state index < -0.39 is 10.0 Å². The van der Waals surface area contributed by atoms with Gasteiger partial charge in [-0.05, 0) is 74.0 Å². The number of nitrogens with one attached hydrogen (secondary N) is 1. The summed E-state index contributed by atoms with van der Waals surface area (Å²) in [6.45, 7) is 7.90. The lowest BCUT2D eigenvalue weighted by molar-refractivity contribution is -0.127. The molecule has 0 unspecified atom stereocenters. The van der Waals surface area contributed by atoms with Crippen LogP contribution in [0.25, 0.3) is 6.08 Å². The number of sulfonamides is 1. The number of hydrogen-bond donors (Lipinski definition) is 1. The van der Waals surface area contributed by atoms with Crippen molar-refractivity contribution in [2.75, 3.05) is 64.2 Å². The van der Waals surface area contributed by atoms with E-state index in [1.807, 2.05) is 4.90 Å². The predicted octanol–water partition coefficient (Wildman–Crippen LogP) is 2.75. The maximum atomic E-state index is 12.7. The average Bonchev–Trinajstić information content (AvgIpc) is 3.41. The van der Waals surface area contributed by atoms with Crippen molar-refractivity contribution in [3.05, 3.63) is 60.2 Å². The Balaban J connectivity index is 1.25. The maximum absolute atomic E-state index is 12.7. The fraction of sp³-hybridized carbons (Fsp3) is 0.423. The second kappa shape index (κ2) is 11.7. The summed E-state index contributed by atoms with van der Waals surface area (Å²) in [5.41, 5.74) is 1.22. The number of benzene rings is 2. The van der Waals surface area contributed by atoms with Crippen molar-refractivity contribution in [3.63, 3.8) is 0 Å². The molecule has 8 nitrogen and oxygen atoms in total. The Labute approximate surface area is 208 Å². The van der Waals surface area contributed by atoms with Crippen LogP contribution in [0.4, 0.5) is 5.69 Å². The SMILES string of the molecule is COc1ccc(NS(=O)(=O)c2ccc(C=CC(=O)N3CCN(CCN4CCCC4)CC3)cc2)cc1. The zero-order chi connectivity index (χ0) is 24.7. The number of piperazine rings is 1. The van der Waals surface area contributed by atoms with Gasteiger partial charge in [0.1, 0.15) is 5.75 Å². The van der Waals surface area contributed by atoms with Gasteiger partial charge < -0.3 is 14.5 Å². The molecular weight excluding hydrogens is 464 g/mol. The zero-order valence-electron chi connectivity index (χ0n) is 20.2. The molecule has 2 aromatic carbocycles. The van der Waals surface area contributed by atoms with E-state index in [4.69, 9.17) is 4.74 Å². The molecule has 2 aliphatic rings. The van der Waals surface area contributed by atoms with Gasteiger partial charge in [0, 0.05) is 51.0 Å². The monoisotopic (exact) mass is 498 g/mol. The van der Waals surface area contributed by atoms with Gasteiger partial charge in [-0.2, -0.15) is 0 Å². The molecule has 1 amide bonds. The topological polar surface area (TPSA) is 82.2 Å². The molecule has 188 valence electrons. The van der Waals surface area contributed by atoms with Crippen LogP contribution in [0.5, 0.6) is 5.75 Å². The van der Waals surface area contributed by atoms with Crippen molar-refractivity contribution < 1.29 is 17.9 Å². The van der Waals surface area contributed by atoms with E-state index in [0.717, 1.165) is 44.8 Å². The third-order valence-corrected chi connectivity index (χ3v) is 7.96. The van der Waals surface area contributed by atoms with E-state index in [-0.39, 0.29) is 10.8 Å². The van der Waals surface area contributed by atoms with E-state index in [1.54, 1.807) is 55.7 Å². The molecule has 2 aliphatic heterocycles. The van der Waals surface area contributed by atoms with Gasteiger partial charge in [-0.25, -0.2) is 8.42 Å². The lowest BCUT2D eigenvalue weighted by Crippen LogP contribution is -2.49. The number of likely N-dealkylation sites (tertiary alicyclic amines) is 1. The van der Waals surface area contributed by atoms with E-state index in [1.165, 1.54) is 38.1 Å². The first-order valence-corrected chi connectivity index (χ1v) is 13.6. The van der Waals surface area contributed by atoms with Crippen LogP contribution in [-0.4, -0.2) is 88.5 Å². The molecular formula is C26H34N4O4S. The quantitative estimate of drug-likeness (QED) is 0.536. The van der Waals surface area contributed by atoms with Crippen LogP contribution in [-0.2, 0) is 14.8 Å². The number of anilines is 1. The second-order valence-electron chi connectivity index (χ2n) is 8.95. The van der Waals surface area contributed by atoms with Crippen molar-refractivity contribution in [1.29, 1.82) is 0 Å². The first-order valence-electron chi connectivity index (χ1n) is 12.1. The second-order valence-corrected chi connectivity index (χ2v) is 10.6. The molecule has 2 heterocycles. The van der Waals surface area contributed by atoms with Gasteiger partial charge in [-0.3, -0.25) is 14.4 Å². The number of ether oxygens (including phenoxy) is 1. The van der Waals surface area contributed by atoms with Gasteiger partial charge in [0.15, 0.2) is 0 Å². The Hall–Kier alpha value is -2.88. The molecule has 2 saturated heterocycles. The fourth-order valence-corrected chi connectivity index (χ4v) is 5.44. The molecule has 35 heavy (non-hydrogen) atoms. The Morgan fingerprint density at radius 2 is 1.49 bits per heavy atom. The summed E-state index contributed by atoms with van der Waals surface area (Å²) in [6, 6.07) is 13.1. The minimum atomic E-state index is -3.71. The summed E-state index contributed by atoms with van der Waals surface area (Å²) in [7, 11) is -2.16. The molecule has 0 radical (unpaired) electrons. The summed E-state index contributed by atoms with van der Waals surface area (Å²) < 4.78 is 33.0. The van der Waals surface area contributed by atoms with Crippen LogP contribution in [0.3, 0.4) is 0 Å². The smallest absolute Gasteiger partial charge is 0.261 e. The molecule has 0 aromatic heterocycles. The first kappa shape index (κ1) is 25.2. The number of methoxy groups -OCH3 is 1. The Morgan fingerprint density at radius 1 is 0.886 bits per heavy atom. The Bertz CT molecular complexity index is 1100. The number of carbonyl (C=O) groups is 1. The molecule has 0 aliphatic carbocycles. The number of hydrogen-bond acceptors (Lipinski definition) is 6. The molecule has 0 bridgehead atoms. The van der Waals surface area contributed by atoms with Crippen LogP contribution >= 0.6 is 0 Å². The minimum absolute atomic E-state index is 0.0120. The highest BCUT2D eigenvalue weighted by molar-refractivity contribution is 7.92. The molecule has 1 N–H and O–H groups in total. The standard InChI is InChI=1S/C26H34N4O4S/c1-34-24-9-7-23(8-10-24)27-35(32,33)25-11-4-22(5-12-25)6-13-26(31)30-20-18-29(19-21-30)17-16-28-14-2-3-15-28/h4-13,27H,2-3,14-21H2,1H3. The summed E-state index contributed by atoms with van der Waals surface area (Å²) in [5.74, 6) is 0.639. The normalized spacial score (nSPS) is 17.7. The van der Waals surface area contributed by atoms with Crippen LogP contribution in [0.2, 0.25) is 0 Å². The molecule has 0 saturated carbocycles. The predicted molar refractivity (Wildman–Crippen MR) is 138 cm³/mol. The highest BCUT2D eigenvalue weighted by atomic mass is 32.2. The average molecular weight is 499 g/mol. The van der Waals surface area contributed by atoms with Gasteiger partial charge in [-0.1, -0.05) is 12.1 Å². The van der Waals surface area contributed by atoms with Crippen molar-refractivity contribution in [3.8, 4) is 5.75 Å². The number of carbonyl (C=O) groups excluding carboxylic acids is 1. The molecule has 2 fully saturated rings. The Kier molecular flexibility index (Phi) is 8.43. The lowest BCUT2D eigenvalue weighted by Gasteiger charge is -2.35. The van der Waals surface area contributed by atoms with Crippen LogP contribution in [0.1, 0.15) is 18.4 Å². The van der Waals surface area contributed by atoms with E-state index in [0.29, 0.717) is 11.4 Å². The molecule has 9 heteroatoms. The maximum Gasteiger partial charge on any atom is 0.261 e. The number of nitrogens with zero attached hydrogens (tertiary/aromatic N) is 3. The van der Waals surface area contributed by atoms with Crippen LogP contribution in [0, 0.1) is 0 Å². The third kappa shape index (κ3) is 7.06. The zero-order valence-corrected chi connectivity index (χ0v) is 21.0. The fourth-order valence-electron chi connectivity index (χ4n) is 4.39. The van der Waals surface area contributed by atoms with Crippen LogP contribution in [0.15, 0.2) is 59.5 Å². The Morgan fingerprint density at radius 3 is 2.09 bits per heavy atom. The van der Waals surface area contributed by atoms with Gasteiger partial charge in [-0.15, -0.1) is 0 Å². The molecule has 4 rings (SSSR count). The van der Waals surface area contributed by atoms with Crippen molar-refractivity contribution in [2.24, 2.45) is 0 Å². The lowest BCUT2D eigenvalue weighted by atomic mass is 10.2. The van der Waals surface area contributed by atoms with E-state index >= 15 is 0 Å². The first-order chi connectivity index (χ1) is 16.9. The van der Waals surface area contributed by atoms with Gasteiger partial charge >= 0.3 is 0 Å². The molecule has 0 atom stereocenters. The summed E-state index contributed by atoms with van der Waals surface area (Å²) in [5, 5.41) is 0. The number of amides is 1. The van der Waals surface area contributed by atoms with E-state index in [9.17, 15) is 13.2 Å². The highest BCUT2D eigenvalue weighted by Gasteiger charge is 2.21. The van der Waals surface area contributed by atoms with Crippen molar-refractivity contribution in [2.45, 2.75) is 17.7 Å². The summed E-state index contributed by atoms with van der Waals surface area (Å²) in [6.07, 6.45) is 5.93. The molecule has 2 aromatic rings. The summed E-state index contributed by atoms with van der Waals surface area (Å²) >= 11 is 0. The van der Waals surface area contributed by atoms with Gasteiger partial charge in [0.25, 0.3) is 10.0 Å². The van der Waals surface area contributed by atoms with Crippen molar-refractivity contribution in [1.82, 2.24) is 14.7 Å². The third-order valence-electron chi connectivity index (χ3n) is 6.57. The number of rotatable bonds is 9. The molecule has 0 spiro atoms. The summed E-state index contributed by atoms with van der Waals surface area (Å²) in [4.78, 5) is 19.6. The van der Waals surface area contributed by atoms with Gasteiger partial charge in [0.05, 0.1) is 12.0 Å².